The van der Waals surface area contributed by atoms with Gasteiger partial charge in [-0.15, -0.1) is 11.3 Å². The molecule has 1 saturated heterocycles. The number of halogens is 1. The second kappa shape index (κ2) is 11.0. The predicted molar refractivity (Wildman–Crippen MR) is 149 cm³/mol. The summed E-state index contributed by atoms with van der Waals surface area (Å²) >= 11 is 1.58. The first-order valence-electron chi connectivity index (χ1n) is 13.8. The Kier molecular flexibility index (Phi) is 7.34. The molecule has 2 aliphatic heterocycles. The Labute approximate surface area is 227 Å². The van der Waals surface area contributed by atoms with E-state index in [1.807, 2.05) is 5.38 Å². The number of carbonyl (C=O) groups excluding carboxylic acids is 2. The predicted octanol–water partition coefficient (Wildman–Crippen LogP) is 5.38. The van der Waals surface area contributed by atoms with Gasteiger partial charge in [0.25, 0.3) is 0 Å². The molecule has 6 rings (SSSR count). The van der Waals surface area contributed by atoms with Crippen molar-refractivity contribution in [1.82, 2.24) is 4.90 Å². The molecular weight excluding hydrogens is 501 g/mol. The maximum Gasteiger partial charge on any atom is 0.310 e. The number of piperazine rings is 1. The molecule has 2 aromatic carbocycles. The van der Waals surface area contributed by atoms with Crippen LogP contribution in [0.25, 0.3) is 10.1 Å². The molecule has 1 aromatic heterocycles. The van der Waals surface area contributed by atoms with Crippen molar-refractivity contribution in [3.8, 4) is 0 Å². The van der Waals surface area contributed by atoms with Crippen LogP contribution in [0.1, 0.15) is 43.2 Å². The van der Waals surface area contributed by atoms with Gasteiger partial charge >= 0.3 is 5.97 Å². The van der Waals surface area contributed by atoms with Crippen LogP contribution in [0.3, 0.4) is 0 Å². The Morgan fingerprint density at radius 2 is 1.82 bits per heavy atom. The number of benzene rings is 2. The molecule has 3 aromatic rings. The molecule has 38 heavy (non-hydrogen) atoms. The molecule has 0 spiro atoms. The first-order chi connectivity index (χ1) is 18.5. The van der Waals surface area contributed by atoms with Gasteiger partial charge in [0.05, 0.1) is 11.6 Å². The van der Waals surface area contributed by atoms with E-state index in [-0.39, 0.29) is 30.3 Å². The normalized spacial score (nSPS) is 18.8. The van der Waals surface area contributed by atoms with Gasteiger partial charge in [0.1, 0.15) is 5.82 Å². The monoisotopic (exact) mass is 535 g/mol. The highest BCUT2D eigenvalue weighted by Gasteiger charge is 2.29. The molecule has 3 heterocycles. The lowest BCUT2D eigenvalue weighted by Gasteiger charge is -2.36. The number of fused-ring (bicyclic) bond motifs is 2. The number of thiophene rings is 1. The Hall–Kier alpha value is -2.97. The van der Waals surface area contributed by atoms with Gasteiger partial charge in [0, 0.05) is 54.9 Å². The summed E-state index contributed by atoms with van der Waals surface area (Å²) in [5, 5.41) is 3.16. The second-order valence-electron chi connectivity index (χ2n) is 10.7. The fourth-order valence-corrected chi connectivity index (χ4v) is 6.90. The number of hydrogen-bond acceptors (Lipinski definition) is 6. The molecular formula is C30H34FN3O3S. The van der Waals surface area contributed by atoms with Gasteiger partial charge in [0.2, 0.25) is 5.91 Å². The third kappa shape index (κ3) is 5.29. The molecule has 0 bridgehead atoms. The van der Waals surface area contributed by atoms with E-state index in [1.54, 1.807) is 28.4 Å². The van der Waals surface area contributed by atoms with Crippen molar-refractivity contribution in [3.63, 3.8) is 0 Å². The van der Waals surface area contributed by atoms with Gasteiger partial charge in [0.15, 0.2) is 6.73 Å². The number of aryl methyl sites for hydroxylation is 1. The molecule has 6 nitrogen and oxygen atoms in total. The smallest absolute Gasteiger partial charge is 0.310 e. The first-order valence-corrected chi connectivity index (χ1v) is 14.7. The number of anilines is 2. The van der Waals surface area contributed by atoms with E-state index in [0.29, 0.717) is 6.42 Å². The quantitative estimate of drug-likeness (QED) is 0.381. The fraction of sp³-hybridized carbons (Fsp3) is 0.467. The summed E-state index contributed by atoms with van der Waals surface area (Å²) in [5.74, 6) is -0.346. The van der Waals surface area contributed by atoms with Crippen LogP contribution >= 0.6 is 11.3 Å². The molecule has 0 unspecified atom stereocenters. The van der Waals surface area contributed by atoms with E-state index in [0.717, 1.165) is 98.3 Å². The van der Waals surface area contributed by atoms with Crippen LogP contribution in [0.5, 0.6) is 0 Å². The molecule has 200 valence electrons. The zero-order valence-corrected chi connectivity index (χ0v) is 22.5. The van der Waals surface area contributed by atoms with Crippen LogP contribution < -0.4 is 9.80 Å². The number of ether oxygens (including phenoxy) is 1. The summed E-state index contributed by atoms with van der Waals surface area (Å²) in [4.78, 5) is 31.6. The average Bonchev–Trinajstić information content (AvgIpc) is 3.64. The minimum Gasteiger partial charge on any atom is -0.444 e. The van der Waals surface area contributed by atoms with Crippen LogP contribution in [0, 0.1) is 11.7 Å². The van der Waals surface area contributed by atoms with Crippen LogP contribution in [0.4, 0.5) is 15.8 Å². The molecule has 0 atom stereocenters. The zero-order chi connectivity index (χ0) is 26.1. The van der Waals surface area contributed by atoms with E-state index in [9.17, 15) is 14.0 Å². The number of amides is 1. The Bertz CT molecular complexity index is 1330. The number of esters is 1. The molecule has 1 amide bonds. The van der Waals surface area contributed by atoms with Crippen LogP contribution in [-0.2, 0) is 27.2 Å². The van der Waals surface area contributed by atoms with Crippen LogP contribution in [0.15, 0.2) is 41.8 Å². The number of rotatable bonds is 7. The van der Waals surface area contributed by atoms with E-state index < -0.39 is 0 Å². The lowest BCUT2D eigenvalue weighted by Crippen LogP contribution is -2.47. The molecule has 0 N–H and O–H groups in total. The highest BCUT2D eigenvalue weighted by molar-refractivity contribution is 7.17. The fourth-order valence-electron chi connectivity index (χ4n) is 6.07. The summed E-state index contributed by atoms with van der Waals surface area (Å²) in [6.07, 6.45) is 5.98. The number of nitrogens with zero attached hydrogens (tertiary/aromatic N) is 3. The van der Waals surface area contributed by atoms with Gasteiger partial charge in [-0.3, -0.25) is 19.4 Å². The average molecular weight is 536 g/mol. The van der Waals surface area contributed by atoms with Crippen LogP contribution in [0.2, 0.25) is 0 Å². The molecule has 8 heteroatoms. The van der Waals surface area contributed by atoms with Gasteiger partial charge < -0.3 is 9.64 Å². The van der Waals surface area contributed by atoms with Gasteiger partial charge in [-0.25, -0.2) is 4.39 Å². The second-order valence-corrected chi connectivity index (χ2v) is 11.6. The Morgan fingerprint density at radius 3 is 2.63 bits per heavy atom. The van der Waals surface area contributed by atoms with Crippen molar-refractivity contribution >= 4 is 44.7 Å². The van der Waals surface area contributed by atoms with Crippen molar-refractivity contribution < 1.29 is 18.7 Å². The van der Waals surface area contributed by atoms with Crippen LogP contribution in [-0.4, -0.2) is 56.2 Å². The lowest BCUT2D eigenvalue weighted by atomic mass is 9.98. The molecule has 2 fully saturated rings. The highest BCUT2D eigenvalue weighted by Crippen LogP contribution is 2.33. The first kappa shape index (κ1) is 25.3. The molecule has 3 aliphatic rings. The van der Waals surface area contributed by atoms with Crippen molar-refractivity contribution in [2.24, 2.45) is 5.92 Å². The maximum absolute atomic E-state index is 14.2. The van der Waals surface area contributed by atoms with Gasteiger partial charge in [-0.2, -0.15) is 0 Å². The van der Waals surface area contributed by atoms with Crippen molar-refractivity contribution in [2.45, 2.75) is 44.9 Å². The summed E-state index contributed by atoms with van der Waals surface area (Å²) in [5.41, 5.74) is 4.19. The minimum atomic E-state index is -0.175. The highest BCUT2D eigenvalue weighted by atomic mass is 32.1. The van der Waals surface area contributed by atoms with Crippen molar-refractivity contribution in [3.05, 3.63) is 58.7 Å². The molecule has 0 radical (unpaired) electrons. The van der Waals surface area contributed by atoms with Crippen molar-refractivity contribution in [1.29, 1.82) is 0 Å². The van der Waals surface area contributed by atoms with E-state index in [4.69, 9.17) is 4.74 Å². The van der Waals surface area contributed by atoms with E-state index in [1.165, 1.54) is 5.56 Å². The number of carbonyl (C=O) groups is 2. The maximum atomic E-state index is 14.2. The largest absolute Gasteiger partial charge is 0.444 e. The lowest BCUT2D eigenvalue weighted by molar-refractivity contribution is -0.148. The Balaban J connectivity index is 1.06. The topological polar surface area (TPSA) is 53.1 Å². The third-order valence-corrected chi connectivity index (χ3v) is 9.18. The number of hydrogen-bond donors (Lipinski definition) is 0. The SMILES string of the molecule is O=C(OCN1C(=O)CCc2ccc(CCN3CCN(c4cc(F)cc5sccc45)CC3)cc21)C1CCCC1. The summed E-state index contributed by atoms with van der Waals surface area (Å²) in [6.45, 7) is 4.52. The van der Waals surface area contributed by atoms with E-state index >= 15 is 0 Å². The van der Waals surface area contributed by atoms with E-state index in [2.05, 4.69) is 34.1 Å². The Morgan fingerprint density at radius 1 is 1.00 bits per heavy atom. The summed E-state index contributed by atoms with van der Waals surface area (Å²) in [7, 11) is 0. The van der Waals surface area contributed by atoms with Crippen molar-refractivity contribution in [2.75, 3.05) is 49.3 Å². The third-order valence-electron chi connectivity index (χ3n) is 8.32. The van der Waals surface area contributed by atoms with Gasteiger partial charge in [-0.05, 0) is 66.5 Å². The summed E-state index contributed by atoms with van der Waals surface area (Å²) in [6, 6.07) is 11.8. The summed E-state index contributed by atoms with van der Waals surface area (Å²) < 4.78 is 20.8. The standard InChI is InChI=1S/C30H34FN3O3S/c31-24-18-27(25-10-16-38-28(25)19-24)33-14-12-32(13-15-33)11-9-21-5-6-22-7-8-29(35)34(26(22)17-21)20-37-30(36)23-3-1-2-4-23/h5-6,10,16-19,23H,1-4,7-9,11-15,20H2. The molecule has 1 saturated carbocycles. The zero-order valence-electron chi connectivity index (χ0n) is 21.7. The molecule has 1 aliphatic carbocycles. The minimum absolute atomic E-state index is 0.00403. The van der Waals surface area contributed by atoms with Gasteiger partial charge in [-0.1, -0.05) is 25.0 Å².